The predicted octanol–water partition coefficient (Wildman–Crippen LogP) is 1.45. The maximum absolute atomic E-state index is 8.93. The molecule has 10 heavy (non-hydrogen) atoms. The maximum Gasteiger partial charge on any atom is 0.0271 e. The monoisotopic (exact) mass is 161 g/mol. The Labute approximate surface area is 66.6 Å². The molecule has 1 heterocycles. The lowest BCUT2D eigenvalue weighted by Gasteiger charge is -2.23. The van der Waals surface area contributed by atoms with Crippen molar-refractivity contribution in [1.29, 1.82) is 0 Å². The molecule has 1 N–H and O–H groups in total. The largest absolute Gasteiger partial charge is 0.314 e. The van der Waals surface area contributed by atoms with E-state index < -0.39 is 0 Å². The Morgan fingerprint density at radius 2 is 2.50 bits per heavy atom. The summed E-state index contributed by atoms with van der Waals surface area (Å²) < 4.78 is 0. The van der Waals surface area contributed by atoms with Crippen LogP contribution in [0.3, 0.4) is 0 Å². The molecule has 1 rings (SSSR count). The highest BCUT2D eigenvalue weighted by Crippen LogP contribution is 2.22. The Hall–Kier alpha value is 0.270. The number of hydrogen-bond donors (Lipinski definition) is 1. The fourth-order valence-electron chi connectivity index (χ4n) is 1.33. The second kappa shape index (κ2) is 4.21. The van der Waals surface area contributed by atoms with E-state index >= 15 is 0 Å². The molecule has 0 saturated carbocycles. The first-order valence-electron chi connectivity index (χ1n) is 3.77. The summed E-state index contributed by atoms with van der Waals surface area (Å²) in [6.45, 7) is 0.840. The molecule has 1 saturated heterocycles. The van der Waals surface area contributed by atoms with E-state index in [1.165, 1.54) is 29.4 Å². The first-order chi connectivity index (χ1) is 4.79. The fourth-order valence-corrected chi connectivity index (χ4v) is 2.47. The Kier molecular flexibility index (Phi) is 3.52. The highest BCUT2D eigenvalue weighted by atomic mass is 32.2. The van der Waals surface area contributed by atoms with Crippen molar-refractivity contribution in [3.05, 3.63) is 0 Å². The van der Waals surface area contributed by atoms with E-state index in [-0.39, 0.29) is 0 Å². The lowest BCUT2D eigenvalue weighted by atomic mass is 10.1. The van der Waals surface area contributed by atoms with Crippen LogP contribution in [0.4, 0.5) is 0 Å². The minimum Gasteiger partial charge on any atom is -0.314 e. The molecule has 1 aliphatic heterocycles. The quantitative estimate of drug-likeness (QED) is 0.620. The second-order valence-corrected chi connectivity index (χ2v) is 4.07. The lowest BCUT2D eigenvalue weighted by Crippen LogP contribution is -2.25. The van der Waals surface area contributed by atoms with E-state index in [2.05, 4.69) is 0 Å². The molecule has 0 aromatic carbocycles. The Balaban J connectivity index is 2.13. The van der Waals surface area contributed by atoms with Gasteiger partial charge in [0.15, 0.2) is 0 Å². The van der Waals surface area contributed by atoms with Crippen LogP contribution in [0.5, 0.6) is 0 Å². The van der Waals surface area contributed by atoms with Gasteiger partial charge < -0.3 is 5.21 Å². The summed E-state index contributed by atoms with van der Waals surface area (Å²) in [6.07, 6.45) is 2.61. The van der Waals surface area contributed by atoms with Crippen molar-refractivity contribution < 1.29 is 5.21 Å². The van der Waals surface area contributed by atoms with Gasteiger partial charge in [0.25, 0.3) is 0 Å². The summed E-state index contributed by atoms with van der Waals surface area (Å²) in [5.74, 6) is 3.25. The summed E-state index contributed by atoms with van der Waals surface area (Å²) in [5, 5.41) is 10.2. The van der Waals surface area contributed by atoms with Crippen molar-refractivity contribution in [2.45, 2.75) is 12.8 Å². The van der Waals surface area contributed by atoms with Gasteiger partial charge in [-0.2, -0.15) is 16.8 Å². The van der Waals surface area contributed by atoms with E-state index in [1.807, 2.05) is 11.8 Å². The molecule has 0 aromatic rings. The molecule has 1 aliphatic rings. The molecular formula is C7H15NOS. The van der Waals surface area contributed by atoms with Crippen molar-refractivity contribution in [1.82, 2.24) is 5.06 Å². The topological polar surface area (TPSA) is 23.5 Å². The van der Waals surface area contributed by atoms with E-state index in [0.29, 0.717) is 5.92 Å². The Bertz CT molecular complexity index is 91.6. The first-order valence-corrected chi connectivity index (χ1v) is 4.92. The van der Waals surface area contributed by atoms with Gasteiger partial charge in [-0.1, -0.05) is 0 Å². The maximum atomic E-state index is 8.93. The number of thioether (sulfide) groups is 1. The summed E-state index contributed by atoms with van der Waals surface area (Å²) in [6, 6.07) is 0. The molecular weight excluding hydrogens is 146 g/mol. The average Bonchev–Trinajstić information content (AvgIpc) is 1.88. The third-order valence-corrected chi connectivity index (χ3v) is 3.06. The number of hydrogen-bond acceptors (Lipinski definition) is 3. The third-order valence-electron chi connectivity index (χ3n) is 1.78. The van der Waals surface area contributed by atoms with Crippen LogP contribution in [-0.2, 0) is 0 Å². The van der Waals surface area contributed by atoms with Crippen LogP contribution in [-0.4, -0.2) is 35.4 Å². The van der Waals surface area contributed by atoms with Crippen LogP contribution in [0.25, 0.3) is 0 Å². The van der Waals surface area contributed by atoms with E-state index in [0.717, 1.165) is 6.54 Å². The molecule has 0 amide bonds. The highest BCUT2D eigenvalue weighted by molar-refractivity contribution is 7.99. The fraction of sp³-hybridized carbons (Fsp3) is 1.00. The number of rotatable bonds is 2. The molecule has 0 radical (unpaired) electrons. The van der Waals surface area contributed by atoms with Gasteiger partial charge in [0.2, 0.25) is 0 Å². The minimum atomic E-state index is 0.716. The summed E-state index contributed by atoms with van der Waals surface area (Å²) in [7, 11) is 1.72. The van der Waals surface area contributed by atoms with Crippen molar-refractivity contribution in [2.24, 2.45) is 5.92 Å². The SMILES string of the molecule is CN(O)CC1CCCSC1. The molecule has 2 nitrogen and oxygen atoms in total. The van der Waals surface area contributed by atoms with Gasteiger partial charge >= 0.3 is 0 Å². The minimum absolute atomic E-state index is 0.716. The zero-order chi connectivity index (χ0) is 7.40. The Morgan fingerprint density at radius 1 is 1.70 bits per heavy atom. The predicted molar refractivity (Wildman–Crippen MR) is 44.5 cm³/mol. The van der Waals surface area contributed by atoms with E-state index in [4.69, 9.17) is 5.21 Å². The number of nitrogens with zero attached hydrogens (tertiary/aromatic N) is 1. The van der Waals surface area contributed by atoms with E-state index in [9.17, 15) is 0 Å². The second-order valence-electron chi connectivity index (χ2n) is 2.92. The molecule has 0 aliphatic carbocycles. The van der Waals surface area contributed by atoms with Crippen molar-refractivity contribution in [2.75, 3.05) is 25.1 Å². The number of hydroxylamine groups is 2. The zero-order valence-electron chi connectivity index (χ0n) is 6.42. The van der Waals surface area contributed by atoms with Gasteiger partial charge in [-0.25, -0.2) is 0 Å². The summed E-state index contributed by atoms with van der Waals surface area (Å²) in [5.41, 5.74) is 0. The van der Waals surface area contributed by atoms with E-state index in [1.54, 1.807) is 7.05 Å². The molecule has 60 valence electrons. The smallest absolute Gasteiger partial charge is 0.0271 e. The molecule has 0 spiro atoms. The van der Waals surface area contributed by atoms with Crippen LogP contribution >= 0.6 is 11.8 Å². The van der Waals surface area contributed by atoms with Gasteiger partial charge in [0, 0.05) is 13.6 Å². The van der Waals surface area contributed by atoms with Gasteiger partial charge in [-0.3, -0.25) is 0 Å². The average molecular weight is 161 g/mol. The Morgan fingerprint density at radius 3 is 3.00 bits per heavy atom. The molecule has 1 fully saturated rings. The zero-order valence-corrected chi connectivity index (χ0v) is 7.23. The summed E-state index contributed by atoms with van der Waals surface area (Å²) in [4.78, 5) is 0. The van der Waals surface area contributed by atoms with Gasteiger partial charge in [0.05, 0.1) is 0 Å². The van der Waals surface area contributed by atoms with Crippen LogP contribution in [0, 0.1) is 5.92 Å². The van der Waals surface area contributed by atoms with Crippen LogP contribution in [0.2, 0.25) is 0 Å². The first kappa shape index (κ1) is 8.37. The molecule has 1 atom stereocenters. The molecule has 1 unspecified atom stereocenters. The van der Waals surface area contributed by atoms with Crippen molar-refractivity contribution in [3.8, 4) is 0 Å². The molecule has 3 heteroatoms. The third kappa shape index (κ3) is 2.90. The normalized spacial score (nSPS) is 27.3. The standard InChI is InChI=1S/C7H15NOS/c1-8(9)5-7-3-2-4-10-6-7/h7,9H,2-6H2,1H3. The van der Waals surface area contributed by atoms with Gasteiger partial charge in [-0.05, 0) is 30.3 Å². The molecule has 0 aromatic heterocycles. The molecule has 0 bridgehead atoms. The van der Waals surface area contributed by atoms with Crippen LogP contribution in [0.1, 0.15) is 12.8 Å². The van der Waals surface area contributed by atoms with Crippen molar-refractivity contribution >= 4 is 11.8 Å². The van der Waals surface area contributed by atoms with Crippen molar-refractivity contribution in [3.63, 3.8) is 0 Å². The summed E-state index contributed by atoms with van der Waals surface area (Å²) >= 11 is 2.01. The van der Waals surface area contributed by atoms with Crippen LogP contribution < -0.4 is 0 Å². The van der Waals surface area contributed by atoms with Crippen LogP contribution in [0.15, 0.2) is 0 Å². The highest BCUT2D eigenvalue weighted by Gasteiger charge is 2.14. The lowest BCUT2D eigenvalue weighted by molar-refractivity contribution is -0.0748. The van der Waals surface area contributed by atoms with Gasteiger partial charge in [-0.15, -0.1) is 0 Å². The van der Waals surface area contributed by atoms with Gasteiger partial charge in [0.1, 0.15) is 0 Å².